The fourth-order valence-electron chi connectivity index (χ4n) is 1.73. The van der Waals surface area contributed by atoms with Crippen LogP contribution >= 0.6 is 39.0 Å². The number of esters is 1. The molecular formula is C15H16BrN3O3S2. The van der Waals surface area contributed by atoms with E-state index in [1.54, 1.807) is 31.2 Å². The number of carbonyl (C=O) groups excluding carboxylic acids is 2. The van der Waals surface area contributed by atoms with Gasteiger partial charge in [-0.3, -0.25) is 14.9 Å². The molecule has 1 atom stereocenters. The van der Waals surface area contributed by atoms with Gasteiger partial charge in [0.1, 0.15) is 5.25 Å². The topological polar surface area (TPSA) is 81.2 Å². The highest BCUT2D eigenvalue weighted by Gasteiger charge is 2.21. The quantitative estimate of drug-likeness (QED) is 0.407. The normalized spacial score (nSPS) is 11.8. The minimum absolute atomic E-state index is 0.257. The largest absolute Gasteiger partial charge is 0.465 e. The van der Waals surface area contributed by atoms with Crippen molar-refractivity contribution >= 4 is 56.0 Å². The maximum Gasteiger partial charge on any atom is 0.319 e. The zero-order valence-corrected chi connectivity index (χ0v) is 16.3. The van der Waals surface area contributed by atoms with E-state index in [4.69, 9.17) is 4.74 Å². The highest BCUT2D eigenvalue weighted by atomic mass is 79.9. The lowest BCUT2D eigenvalue weighted by molar-refractivity contribution is -0.142. The van der Waals surface area contributed by atoms with Crippen molar-refractivity contribution in [3.63, 3.8) is 0 Å². The SMILES string of the molecule is CCOC(=O)[C@@H](CC)Sc1nnc(NC(=O)c2ccc(Br)cc2)s1. The van der Waals surface area contributed by atoms with E-state index in [0.717, 1.165) is 4.47 Å². The summed E-state index contributed by atoms with van der Waals surface area (Å²) in [4.78, 5) is 24.0. The van der Waals surface area contributed by atoms with Gasteiger partial charge in [0, 0.05) is 10.0 Å². The molecule has 0 bridgehead atoms. The lowest BCUT2D eigenvalue weighted by Crippen LogP contribution is -2.19. The van der Waals surface area contributed by atoms with E-state index in [0.29, 0.717) is 28.1 Å². The summed E-state index contributed by atoms with van der Waals surface area (Å²) in [5.74, 6) is -0.520. The predicted molar refractivity (Wildman–Crippen MR) is 98.6 cm³/mol. The van der Waals surface area contributed by atoms with Crippen molar-refractivity contribution < 1.29 is 14.3 Å². The summed E-state index contributed by atoms with van der Waals surface area (Å²) in [6, 6.07) is 7.01. The zero-order valence-electron chi connectivity index (χ0n) is 13.1. The molecule has 1 amide bonds. The number of nitrogens with one attached hydrogen (secondary N) is 1. The molecule has 24 heavy (non-hydrogen) atoms. The molecule has 0 saturated carbocycles. The molecule has 9 heteroatoms. The van der Waals surface area contributed by atoms with Gasteiger partial charge in [0.15, 0.2) is 4.34 Å². The molecule has 0 aliphatic rings. The van der Waals surface area contributed by atoms with Gasteiger partial charge in [0.05, 0.1) is 6.61 Å². The number of anilines is 1. The van der Waals surface area contributed by atoms with Crippen LogP contribution in [0.1, 0.15) is 30.6 Å². The molecule has 0 fully saturated rings. The molecule has 0 spiro atoms. The van der Waals surface area contributed by atoms with Crippen molar-refractivity contribution in [1.29, 1.82) is 0 Å². The summed E-state index contributed by atoms with van der Waals surface area (Å²) in [5.41, 5.74) is 0.528. The molecule has 6 nitrogen and oxygen atoms in total. The number of carbonyl (C=O) groups is 2. The second-order valence-corrected chi connectivity index (χ2v) is 7.94. The van der Waals surface area contributed by atoms with Crippen molar-refractivity contribution in [1.82, 2.24) is 10.2 Å². The highest BCUT2D eigenvalue weighted by molar-refractivity contribution is 9.10. The van der Waals surface area contributed by atoms with E-state index in [-0.39, 0.29) is 17.1 Å². The first-order chi connectivity index (χ1) is 11.5. The Kier molecular flexibility index (Phi) is 7.19. The Morgan fingerprint density at radius 1 is 1.29 bits per heavy atom. The van der Waals surface area contributed by atoms with Crippen molar-refractivity contribution in [2.75, 3.05) is 11.9 Å². The molecule has 1 aromatic heterocycles. The lowest BCUT2D eigenvalue weighted by Gasteiger charge is -2.10. The lowest BCUT2D eigenvalue weighted by atomic mass is 10.2. The van der Waals surface area contributed by atoms with E-state index < -0.39 is 0 Å². The highest BCUT2D eigenvalue weighted by Crippen LogP contribution is 2.31. The number of hydrogen-bond acceptors (Lipinski definition) is 7. The number of halogens is 1. The molecule has 1 N–H and O–H groups in total. The maximum atomic E-state index is 12.1. The Morgan fingerprint density at radius 2 is 2.00 bits per heavy atom. The molecule has 0 radical (unpaired) electrons. The molecule has 0 saturated heterocycles. The standard InChI is InChI=1S/C15H16BrN3O3S2/c1-3-11(13(21)22-4-2)23-15-19-18-14(24-15)17-12(20)9-5-7-10(16)8-6-9/h5-8,11H,3-4H2,1-2H3,(H,17,18,20)/t11-/m1/s1. The van der Waals surface area contributed by atoms with Crippen LogP contribution in [0.25, 0.3) is 0 Å². The van der Waals surface area contributed by atoms with Crippen LogP contribution in [0, 0.1) is 0 Å². The molecule has 0 unspecified atom stereocenters. The molecule has 1 heterocycles. The van der Waals surface area contributed by atoms with Gasteiger partial charge in [-0.15, -0.1) is 10.2 Å². The van der Waals surface area contributed by atoms with Crippen LogP contribution in [0.15, 0.2) is 33.1 Å². The number of amides is 1. The number of rotatable bonds is 7. The van der Waals surface area contributed by atoms with Gasteiger partial charge in [0.25, 0.3) is 5.91 Å². The van der Waals surface area contributed by atoms with Crippen LogP contribution in [-0.4, -0.2) is 33.9 Å². The fraction of sp³-hybridized carbons (Fsp3) is 0.333. The Labute approximate surface area is 156 Å². The van der Waals surface area contributed by atoms with Gasteiger partial charge < -0.3 is 4.74 Å². The van der Waals surface area contributed by atoms with Crippen LogP contribution in [0.5, 0.6) is 0 Å². The van der Waals surface area contributed by atoms with Gasteiger partial charge in [-0.25, -0.2) is 0 Å². The summed E-state index contributed by atoms with van der Waals surface area (Å²) in [5, 5.41) is 10.7. The van der Waals surface area contributed by atoms with Gasteiger partial charge in [-0.05, 0) is 37.6 Å². The number of aromatic nitrogens is 2. The number of hydrogen-bond donors (Lipinski definition) is 1. The first-order valence-corrected chi connectivity index (χ1v) is 9.76. The van der Waals surface area contributed by atoms with E-state index in [2.05, 4.69) is 31.4 Å². The molecule has 0 aliphatic heterocycles. The minimum Gasteiger partial charge on any atom is -0.465 e. The van der Waals surface area contributed by atoms with E-state index >= 15 is 0 Å². The average molecular weight is 430 g/mol. The Balaban J connectivity index is 1.98. The summed E-state index contributed by atoms with van der Waals surface area (Å²) >= 11 is 5.85. The van der Waals surface area contributed by atoms with Crippen LogP contribution in [0.2, 0.25) is 0 Å². The smallest absolute Gasteiger partial charge is 0.319 e. The minimum atomic E-state index is -0.326. The van der Waals surface area contributed by atoms with Gasteiger partial charge in [-0.1, -0.05) is 46.0 Å². The van der Waals surface area contributed by atoms with E-state index in [1.165, 1.54) is 23.1 Å². The molecule has 2 rings (SSSR count). The Hall–Kier alpha value is -1.45. The van der Waals surface area contributed by atoms with Gasteiger partial charge in [-0.2, -0.15) is 0 Å². The third-order valence-electron chi connectivity index (χ3n) is 2.90. The van der Waals surface area contributed by atoms with E-state index in [1.807, 2.05) is 6.92 Å². The monoisotopic (exact) mass is 429 g/mol. The van der Waals surface area contributed by atoms with Crippen LogP contribution in [-0.2, 0) is 9.53 Å². The van der Waals surface area contributed by atoms with Crippen LogP contribution < -0.4 is 5.32 Å². The fourth-order valence-corrected chi connectivity index (χ4v) is 3.91. The second kappa shape index (κ2) is 9.14. The van der Waals surface area contributed by atoms with Crippen molar-refractivity contribution in [2.45, 2.75) is 29.9 Å². The van der Waals surface area contributed by atoms with Crippen LogP contribution in [0.3, 0.4) is 0 Å². The van der Waals surface area contributed by atoms with E-state index in [9.17, 15) is 9.59 Å². The Bertz CT molecular complexity index is 706. The maximum absolute atomic E-state index is 12.1. The molecule has 128 valence electrons. The van der Waals surface area contributed by atoms with Gasteiger partial charge >= 0.3 is 5.97 Å². The third-order valence-corrected chi connectivity index (χ3v) is 5.69. The third kappa shape index (κ3) is 5.29. The first kappa shape index (κ1) is 18.9. The van der Waals surface area contributed by atoms with Crippen molar-refractivity contribution in [3.05, 3.63) is 34.3 Å². The number of nitrogens with zero attached hydrogens (tertiary/aromatic N) is 2. The second-order valence-electron chi connectivity index (χ2n) is 4.60. The summed E-state index contributed by atoms with van der Waals surface area (Å²) in [6.07, 6.45) is 0.629. The summed E-state index contributed by atoms with van der Waals surface area (Å²) < 4.78 is 6.54. The summed E-state index contributed by atoms with van der Waals surface area (Å²) in [6.45, 7) is 4.03. The zero-order chi connectivity index (χ0) is 17.5. The van der Waals surface area contributed by atoms with Crippen molar-refractivity contribution in [2.24, 2.45) is 0 Å². The number of benzene rings is 1. The van der Waals surface area contributed by atoms with Crippen LogP contribution in [0.4, 0.5) is 5.13 Å². The number of thioether (sulfide) groups is 1. The predicted octanol–water partition coefficient (Wildman–Crippen LogP) is 3.99. The average Bonchev–Trinajstić information content (AvgIpc) is 3.00. The molecule has 1 aromatic carbocycles. The molecule has 2 aromatic rings. The van der Waals surface area contributed by atoms with Gasteiger partial charge in [0.2, 0.25) is 5.13 Å². The Morgan fingerprint density at radius 3 is 2.62 bits per heavy atom. The molecule has 0 aliphatic carbocycles. The van der Waals surface area contributed by atoms with Crippen molar-refractivity contribution in [3.8, 4) is 0 Å². The summed E-state index contributed by atoms with van der Waals surface area (Å²) in [7, 11) is 0. The first-order valence-electron chi connectivity index (χ1n) is 7.27. The number of ether oxygens (including phenoxy) is 1. The molecular weight excluding hydrogens is 414 g/mol.